The first kappa shape index (κ1) is 19.2. The molecule has 0 fully saturated rings. The van der Waals surface area contributed by atoms with Gasteiger partial charge in [-0.1, -0.05) is 35.3 Å². The van der Waals surface area contributed by atoms with Gasteiger partial charge in [-0.3, -0.25) is 14.5 Å². The standard InChI is InChI=1S/C19H16Cl2N2O4/c1-19(2)18(26)22-14-5-3-4-6-15(14)23(19)16(24)10-27-17(25)11-7-8-12(20)13(21)9-11/h3-9H,10H2,1-2H3,(H,22,26). The Morgan fingerprint density at radius 3 is 2.52 bits per heavy atom. The van der Waals surface area contributed by atoms with Gasteiger partial charge in [0.1, 0.15) is 5.54 Å². The molecule has 0 unspecified atom stereocenters. The molecular formula is C19H16Cl2N2O4. The van der Waals surface area contributed by atoms with Gasteiger partial charge in [0, 0.05) is 0 Å². The van der Waals surface area contributed by atoms with Gasteiger partial charge in [0.05, 0.1) is 27.0 Å². The lowest BCUT2D eigenvalue weighted by Crippen LogP contribution is -2.59. The number of nitrogens with zero attached hydrogens (tertiary/aromatic N) is 1. The molecule has 8 heteroatoms. The van der Waals surface area contributed by atoms with E-state index in [2.05, 4.69) is 5.32 Å². The second kappa shape index (κ2) is 7.21. The first-order valence-electron chi connectivity index (χ1n) is 8.07. The first-order chi connectivity index (χ1) is 12.7. The van der Waals surface area contributed by atoms with Gasteiger partial charge in [-0.05, 0) is 44.2 Å². The van der Waals surface area contributed by atoms with E-state index in [1.807, 2.05) is 0 Å². The van der Waals surface area contributed by atoms with E-state index in [0.717, 1.165) is 0 Å². The third kappa shape index (κ3) is 3.63. The number of para-hydroxylation sites is 2. The van der Waals surface area contributed by atoms with Crippen LogP contribution in [0.5, 0.6) is 0 Å². The largest absolute Gasteiger partial charge is 0.452 e. The molecule has 1 heterocycles. The van der Waals surface area contributed by atoms with Crippen LogP contribution in [-0.2, 0) is 14.3 Å². The summed E-state index contributed by atoms with van der Waals surface area (Å²) in [7, 11) is 0. The van der Waals surface area contributed by atoms with Gasteiger partial charge in [0.2, 0.25) is 5.91 Å². The average molecular weight is 407 g/mol. The number of fused-ring (bicyclic) bond motifs is 1. The van der Waals surface area contributed by atoms with E-state index in [4.69, 9.17) is 27.9 Å². The quantitative estimate of drug-likeness (QED) is 0.783. The highest BCUT2D eigenvalue weighted by Gasteiger charge is 2.43. The lowest BCUT2D eigenvalue weighted by Gasteiger charge is -2.41. The molecule has 2 aromatic carbocycles. The summed E-state index contributed by atoms with van der Waals surface area (Å²) >= 11 is 11.7. The second-order valence-electron chi connectivity index (χ2n) is 6.46. The Hall–Kier alpha value is -2.57. The number of ether oxygens (including phenoxy) is 1. The summed E-state index contributed by atoms with van der Waals surface area (Å²) < 4.78 is 5.12. The fraction of sp³-hybridized carbons (Fsp3) is 0.211. The molecule has 1 aliphatic heterocycles. The zero-order valence-electron chi connectivity index (χ0n) is 14.6. The van der Waals surface area contributed by atoms with Crippen LogP contribution in [0.3, 0.4) is 0 Å². The molecule has 140 valence electrons. The van der Waals surface area contributed by atoms with Gasteiger partial charge in [0.15, 0.2) is 6.61 Å². The van der Waals surface area contributed by atoms with Gasteiger partial charge >= 0.3 is 5.97 Å². The molecule has 6 nitrogen and oxygen atoms in total. The Balaban J connectivity index is 1.79. The van der Waals surface area contributed by atoms with Gasteiger partial charge < -0.3 is 10.1 Å². The smallest absolute Gasteiger partial charge is 0.338 e. The van der Waals surface area contributed by atoms with Crippen molar-refractivity contribution >= 4 is 52.4 Å². The van der Waals surface area contributed by atoms with Crippen LogP contribution in [0.4, 0.5) is 11.4 Å². The molecule has 0 bridgehead atoms. The summed E-state index contributed by atoms with van der Waals surface area (Å²) in [5.41, 5.74) is 0.0958. The number of esters is 1. The third-order valence-electron chi connectivity index (χ3n) is 4.24. The zero-order valence-corrected chi connectivity index (χ0v) is 16.1. The number of anilines is 2. The van der Waals surface area contributed by atoms with Gasteiger partial charge in [0.25, 0.3) is 5.91 Å². The van der Waals surface area contributed by atoms with Crippen LogP contribution in [0, 0.1) is 0 Å². The van der Waals surface area contributed by atoms with E-state index in [9.17, 15) is 14.4 Å². The molecule has 0 saturated carbocycles. The van der Waals surface area contributed by atoms with Crippen molar-refractivity contribution in [2.75, 3.05) is 16.8 Å². The average Bonchev–Trinajstić information content (AvgIpc) is 2.62. The molecule has 0 atom stereocenters. The summed E-state index contributed by atoms with van der Waals surface area (Å²) in [6.07, 6.45) is 0. The maximum atomic E-state index is 12.8. The minimum Gasteiger partial charge on any atom is -0.452 e. The predicted octanol–water partition coefficient (Wildman–Crippen LogP) is 3.91. The lowest BCUT2D eigenvalue weighted by molar-refractivity contribution is -0.128. The normalized spacial score (nSPS) is 15.0. The summed E-state index contributed by atoms with van der Waals surface area (Å²) in [5, 5.41) is 3.29. The highest BCUT2D eigenvalue weighted by molar-refractivity contribution is 6.42. The van der Waals surface area contributed by atoms with Crippen molar-refractivity contribution in [3.8, 4) is 0 Å². The van der Waals surface area contributed by atoms with E-state index in [-0.39, 0.29) is 16.5 Å². The Kier molecular flexibility index (Phi) is 5.13. The van der Waals surface area contributed by atoms with Crippen LogP contribution in [0.25, 0.3) is 0 Å². The minimum absolute atomic E-state index is 0.174. The van der Waals surface area contributed by atoms with Crippen molar-refractivity contribution in [1.29, 1.82) is 0 Å². The molecule has 0 aromatic heterocycles. The number of nitrogens with one attached hydrogen (secondary N) is 1. The number of benzene rings is 2. The number of carbonyl (C=O) groups is 3. The topological polar surface area (TPSA) is 75.7 Å². The van der Waals surface area contributed by atoms with Crippen LogP contribution in [0.2, 0.25) is 10.0 Å². The molecule has 0 saturated heterocycles. The number of hydrogen-bond acceptors (Lipinski definition) is 4. The highest BCUT2D eigenvalue weighted by atomic mass is 35.5. The van der Waals surface area contributed by atoms with Crippen LogP contribution in [0.15, 0.2) is 42.5 Å². The van der Waals surface area contributed by atoms with Crippen molar-refractivity contribution in [1.82, 2.24) is 0 Å². The number of rotatable bonds is 3. The molecule has 2 amide bonds. The summed E-state index contributed by atoms with van der Waals surface area (Å²) in [6.45, 7) is 2.72. The third-order valence-corrected chi connectivity index (χ3v) is 4.98. The van der Waals surface area contributed by atoms with Gasteiger partial charge in [-0.25, -0.2) is 4.79 Å². The molecule has 0 spiro atoms. The van der Waals surface area contributed by atoms with Crippen LogP contribution in [-0.4, -0.2) is 29.9 Å². The van der Waals surface area contributed by atoms with Crippen molar-refractivity contribution in [2.45, 2.75) is 19.4 Å². The molecule has 0 aliphatic carbocycles. The fourth-order valence-electron chi connectivity index (χ4n) is 2.80. The Morgan fingerprint density at radius 1 is 1.11 bits per heavy atom. The second-order valence-corrected chi connectivity index (χ2v) is 7.28. The Morgan fingerprint density at radius 2 is 1.81 bits per heavy atom. The number of halogens is 2. The van der Waals surface area contributed by atoms with Crippen molar-refractivity contribution < 1.29 is 19.1 Å². The van der Waals surface area contributed by atoms with Crippen molar-refractivity contribution in [3.05, 3.63) is 58.1 Å². The van der Waals surface area contributed by atoms with Crippen molar-refractivity contribution in [3.63, 3.8) is 0 Å². The van der Waals surface area contributed by atoms with Gasteiger partial charge in [-0.15, -0.1) is 0 Å². The SMILES string of the molecule is CC1(C)C(=O)Nc2ccccc2N1C(=O)COC(=O)c1ccc(Cl)c(Cl)c1. The molecule has 1 aliphatic rings. The monoisotopic (exact) mass is 406 g/mol. The highest BCUT2D eigenvalue weighted by Crippen LogP contribution is 2.36. The van der Waals surface area contributed by atoms with E-state index in [1.54, 1.807) is 38.1 Å². The van der Waals surface area contributed by atoms with Crippen LogP contribution < -0.4 is 10.2 Å². The summed E-state index contributed by atoms with van der Waals surface area (Å²) in [4.78, 5) is 38.7. The Labute approximate surface area is 166 Å². The summed E-state index contributed by atoms with van der Waals surface area (Å²) in [6, 6.07) is 11.2. The molecule has 0 radical (unpaired) electrons. The predicted molar refractivity (Wildman–Crippen MR) is 103 cm³/mol. The van der Waals surface area contributed by atoms with E-state index in [0.29, 0.717) is 16.4 Å². The fourth-order valence-corrected chi connectivity index (χ4v) is 3.09. The molecular weight excluding hydrogens is 391 g/mol. The van der Waals surface area contributed by atoms with E-state index >= 15 is 0 Å². The first-order valence-corrected chi connectivity index (χ1v) is 8.83. The summed E-state index contributed by atoms with van der Waals surface area (Å²) in [5.74, 6) is -1.56. The number of hydrogen-bond donors (Lipinski definition) is 1. The molecule has 27 heavy (non-hydrogen) atoms. The zero-order chi connectivity index (χ0) is 19.8. The molecule has 2 aromatic rings. The maximum Gasteiger partial charge on any atom is 0.338 e. The number of amides is 2. The Bertz CT molecular complexity index is 943. The van der Waals surface area contributed by atoms with E-state index in [1.165, 1.54) is 23.1 Å². The maximum absolute atomic E-state index is 12.8. The van der Waals surface area contributed by atoms with E-state index < -0.39 is 24.0 Å². The van der Waals surface area contributed by atoms with Crippen molar-refractivity contribution in [2.24, 2.45) is 0 Å². The lowest BCUT2D eigenvalue weighted by atomic mass is 9.96. The minimum atomic E-state index is -1.14. The van der Waals surface area contributed by atoms with Crippen LogP contribution in [0.1, 0.15) is 24.2 Å². The molecule has 3 rings (SSSR count). The number of carbonyl (C=O) groups excluding carboxylic acids is 3. The van der Waals surface area contributed by atoms with Gasteiger partial charge in [-0.2, -0.15) is 0 Å². The molecule has 1 N–H and O–H groups in total. The van der Waals surface area contributed by atoms with Crippen LogP contribution >= 0.6 is 23.2 Å².